The minimum absolute atomic E-state index is 0.145. The Balaban J connectivity index is 2.73. The van der Waals surface area contributed by atoms with Gasteiger partial charge in [-0.2, -0.15) is 0 Å². The van der Waals surface area contributed by atoms with Crippen LogP contribution in [0.3, 0.4) is 0 Å². The molecule has 0 atom stereocenters. The fourth-order valence-electron chi connectivity index (χ4n) is 1.67. The summed E-state index contributed by atoms with van der Waals surface area (Å²) in [5.41, 5.74) is 0.874. The Hall–Kier alpha value is -1.48. The van der Waals surface area contributed by atoms with Crippen LogP contribution >= 0.6 is 11.6 Å². The van der Waals surface area contributed by atoms with Crippen LogP contribution < -0.4 is 10.5 Å². The van der Waals surface area contributed by atoms with Gasteiger partial charge in [0.2, 0.25) is 0 Å². The molecule has 1 aromatic heterocycles. The number of hydrogen-bond donors (Lipinski definition) is 1. The number of halogens is 1. The van der Waals surface area contributed by atoms with Gasteiger partial charge in [0, 0.05) is 25.5 Å². The molecule has 0 spiro atoms. The van der Waals surface area contributed by atoms with Gasteiger partial charge in [0.15, 0.2) is 0 Å². The van der Waals surface area contributed by atoms with E-state index in [0.29, 0.717) is 10.4 Å². The van der Waals surface area contributed by atoms with Crippen LogP contribution in [0.2, 0.25) is 5.02 Å². The van der Waals surface area contributed by atoms with Crippen LogP contribution in [0.1, 0.15) is 6.92 Å². The van der Waals surface area contributed by atoms with Crippen molar-refractivity contribution in [3.8, 4) is 0 Å². The number of rotatable bonds is 2. The second-order valence-electron chi connectivity index (χ2n) is 3.71. The summed E-state index contributed by atoms with van der Waals surface area (Å²) in [5.74, 6) is 0. The quantitative estimate of drug-likeness (QED) is 0.870. The van der Waals surface area contributed by atoms with E-state index in [2.05, 4.69) is 16.8 Å². The lowest BCUT2D eigenvalue weighted by Crippen LogP contribution is -2.16. The van der Waals surface area contributed by atoms with E-state index in [0.717, 1.165) is 17.6 Å². The fraction of sp³-hybridized carbons (Fsp3) is 0.250. The summed E-state index contributed by atoms with van der Waals surface area (Å²) in [6, 6.07) is 5.65. The Morgan fingerprint density at radius 1 is 1.44 bits per heavy atom. The average Bonchev–Trinajstić information content (AvgIpc) is 2.27. The van der Waals surface area contributed by atoms with Crippen molar-refractivity contribution in [1.29, 1.82) is 0 Å². The molecule has 0 saturated carbocycles. The number of fused-ring (bicyclic) bond motifs is 1. The van der Waals surface area contributed by atoms with Gasteiger partial charge in [-0.1, -0.05) is 11.6 Å². The Morgan fingerprint density at radius 2 is 2.19 bits per heavy atom. The van der Waals surface area contributed by atoms with Gasteiger partial charge in [-0.15, -0.1) is 0 Å². The molecule has 3 nitrogen and oxygen atoms in total. The molecule has 1 heterocycles. The van der Waals surface area contributed by atoms with Crippen LogP contribution in [-0.4, -0.2) is 18.6 Å². The summed E-state index contributed by atoms with van der Waals surface area (Å²) in [4.78, 5) is 16.3. The van der Waals surface area contributed by atoms with Crippen LogP contribution in [0.15, 0.2) is 29.2 Å². The van der Waals surface area contributed by atoms with Crippen LogP contribution in [0.5, 0.6) is 0 Å². The number of pyridine rings is 1. The first kappa shape index (κ1) is 11.0. The predicted molar refractivity (Wildman–Crippen MR) is 68.5 cm³/mol. The molecule has 0 unspecified atom stereocenters. The third kappa shape index (κ3) is 1.78. The van der Waals surface area contributed by atoms with Crippen molar-refractivity contribution in [3.63, 3.8) is 0 Å². The molecule has 0 aliphatic rings. The lowest BCUT2D eigenvalue weighted by Gasteiger charge is -2.17. The number of aromatic nitrogens is 1. The third-order valence-corrected chi connectivity index (χ3v) is 3.02. The summed E-state index contributed by atoms with van der Waals surface area (Å²) in [6.45, 7) is 2.96. The second-order valence-corrected chi connectivity index (χ2v) is 4.12. The molecule has 84 valence electrons. The standard InChI is InChI=1S/C12H13ClN2O/c1-3-15(2)9-6-8-4-5-14-12(16)11(8)10(13)7-9/h4-7H,3H2,1-2H3,(H,14,16). The van der Waals surface area contributed by atoms with E-state index in [4.69, 9.17) is 11.6 Å². The molecule has 0 aliphatic heterocycles. The van der Waals surface area contributed by atoms with Gasteiger partial charge in [0.1, 0.15) is 0 Å². The summed E-state index contributed by atoms with van der Waals surface area (Å²) in [7, 11) is 1.99. The molecule has 0 saturated heterocycles. The van der Waals surface area contributed by atoms with Crippen molar-refractivity contribution in [3.05, 3.63) is 39.8 Å². The molecule has 0 bridgehead atoms. The van der Waals surface area contributed by atoms with Crippen LogP contribution in [-0.2, 0) is 0 Å². The van der Waals surface area contributed by atoms with Crippen molar-refractivity contribution in [1.82, 2.24) is 4.98 Å². The van der Waals surface area contributed by atoms with E-state index in [-0.39, 0.29) is 5.56 Å². The van der Waals surface area contributed by atoms with Crippen LogP contribution in [0, 0.1) is 0 Å². The largest absolute Gasteiger partial charge is 0.375 e. The molecular formula is C12H13ClN2O. The molecule has 0 radical (unpaired) electrons. The Bertz CT molecular complexity index is 577. The second kappa shape index (κ2) is 4.18. The number of nitrogens with zero attached hydrogens (tertiary/aromatic N) is 1. The fourth-order valence-corrected chi connectivity index (χ4v) is 1.97. The number of H-pyrrole nitrogens is 1. The SMILES string of the molecule is CCN(C)c1cc(Cl)c2c(=O)[nH]ccc2c1. The molecule has 2 aromatic rings. The minimum atomic E-state index is -0.145. The Kier molecular flexibility index (Phi) is 2.88. The molecule has 0 amide bonds. The van der Waals surface area contributed by atoms with Crippen molar-refractivity contribution in [2.75, 3.05) is 18.5 Å². The lowest BCUT2D eigenvalue weighted by molar-refractivity contribution is 0.969. The highest BCUT2D eigenvalue weighted by molar-refractivity contribution is 6.35. The molecule has 0 aliphatic carbocycles. The maximum Gasteiger partial charge on any atom is 0.257 e. The highest BCUT2D eigenvalue weighted by atomic mass is 35.5. The van der Waals surface area contributed by atoms with Gasteiger partial charge in [0.05, 0.1) is 10.4 Å². The maximum atomic E-state index is 11.6. The summed E-state index contributed by atoms with van der Waals surface area (Å²) < 4.78 is 0. The van der Waals surface area contributed by atoms with E-state index in [1.54, 1.807) is 6.20 Å². The normalized spacial score (nSPS) is 10.7. The lowest BCUT2D eigenvalue weighted by atomic mass is 10.1. The zero-order valence-corrected chi connectivity index (χ0v) is 10.0. The number of aromatic amines is 1. The third-order valence-electron chi connectivity index (χ3n) is 2.72. The highest BCUT2D eigenvalue weighted by Gasteiger charge is 2.07. The number of hydrogen-bond acceptors (Lipinski definition) is 2. The Labute approximate surface area is 98.7 Å². The zero-order valence-electron chi connectivity index (χ0n) is 9.25. The molecule has 4 heteroatoms. The van der Waals surface area contributed by atoms with Gasteiger partial charge >= 0.3 is 0 Å². The van der Waals surface area contributed by atoms with Crippen molar-refractivity contribution in [2.45, 2.75) is 6.92 Å². The molecule has 1 aromatic carbocycles. The van der Waals surface area contributed by atoms with E-state index >= 15 is 0 Å². The number of nitrogens with one attached hydrogen (secondary N) is 1. The van der Waals surface area contributed by atoms with Crippen molar-refractivity contribution < 1.29 is 0 Å². The number of benzene rings is 1. The van der Waals surface area contributed by atoms with Gasteiger partial charge in [-0.05, 0) is 30.5 Å². The topological polar surface area (TPSA) is 36.1 Å². The summed E-state index contributed by atoms with van der Waals surface area (Å²) in [6.07, 6.45) is 1.64. The Morgan fingerprint density at radius 3 is 2.88 bits per heavy atom. The van der Waals surface area contributed by atoms with Crippen LogP contribution in [0.25, 0.3) is 10.8 Å². The van der Waals surface area contributed by atoms with Crippen molar-refractivity contribution in [2.24, 2.45) is 0 Å². The zero-order chi connectivity index (χ0) is 11.7. The maximum absolute atomic E-state index is 11.6. The first-order valence-corrected chi connectivity index (χ1v) is 5.53. The van der Waals surface area contributed by atoms with E-state index in [9.17, 15) is 4.79 Å². The first-order valence-electron chi connectivity index (χ1n) is 5.15. The van der Waals surface area contributed by atoms with E-state index in [1.165, 1.54) is 0 Å². The van der Waals surface area contributed by atoms with Gasteiger partial charge < -0.3 is 9.88 Å². The summed E-state index contributed by atoms with van der Waals surface area (Å²) in [5, 5.41) is 1.92. The molecule has 16 heavy (non-hydrogen) atoms. The van der Waals surface area contributed by atoms with Crippen LogP contribution in [0.4, 0.5) is 5.69 Å². The predicted octanol–water partition coefficient (Wildman–Crippen LogP) is 2.64. The molecular weight excluding hydrogens is 224 g/mol. The van der Waals surface area contributed by atoms with Gasteiger partial charge in [0.25, 0.3) is 5.56 Å². The van der Waals surface area contributed by atoms with E-state index < -0.39 is 0 Å². The van der Waals surface area contributed by atoms with Crippen molar-refractivity contribution >= 4 is 28.1 Å². The molecule has 0 fully saturated rings. The highest BCUT2D eigenvalue weighted by Crippen LogP contribution is 2.26. The monoisotopic (exact) mass is 236 g/mol. The average molecular weight is 237 g/mol. The van der Waals surface area contributed by atoms with E-state index in [1.807, 2.05) is 25.2 Å². The minimum Gasteiger partial charge on any atom is -0.375 e. The smallest absolute Gasteiger partial charge is 0.257 e. The van der Waals surface area contributed by atoms with Gasteiger partial charge in [-0.25, -0.2) is 0 Å². The summed E-state index contributed by atoms with van der Waals surface area (Å²) >= 11 is 6.12. The molecule has 1 N–H and O–H groups in total. The molecule has 2 rings (SSSR count). The number of anilines is 1. The van der Waals surface area contributed by atoms with Gasteiger partial charge in [-0.3, -0.25) is 4.79 Å². The first-order chi connectivity index (χ1) is 7.63.